The molecule has 1 saturated heterocycles. The number of fused-ring (bicyclic) bond motifs is 4. The van der Waals surface area contributed by atoms with E-state index in [1.165, 1.54) is 0 Å². The number of likely N-dealkylation sites (tertiary alicyclic amines) is 1. The van der Waals surface area contributed by atoms with E-state index in [1.807, 2.05) is 24.0 Å². The largest absolute Gasteiger partial charge is 0.483 e. The molecule has 2 fully saturated rings. The van der Waals surface area contributed by atoms with Crippen molar-refractivity contribution >= 4 is 16.9 Å². The minimum Gasteiger partial charge on any atom is -0.483 e. The molecule has 2 heterocycles. The molecular formula is C25H31NO5. The van der Waals surface area contributed by atoms with E-state index >= 15 is 0 Å². The molecular weight excluding hydrogens is 394 g/mol. The van der Waals surface area contributed by atoms with Gasteiger partial charge >= 0.3 is 5.63 Å². The van der Waals surface area contributed by atoms with Crippen molar-refractivity contribution in [3.05, 3.63) is 39.2 Å². The van der Waals surface area contributed by atoms with E-state index in [-0.39, 0.29) is 24.1 Å². The number of ether oxygens (including phenoxy) is 1. The van der Waals surface area contributed by atoms with E-state index in [1.54, 1.807) is 0 Å². The monoisotopic (exact) mass is 425 g/mol. The zero-order chi connectivity index (χ0) is 21.6. The molecule has 6 heteroatoms. The highest BCUT2D eigenvalue weighted by Gasteiger charge is 2.43. The van der Waals surface area contributed by atoms with Gasteiger partial charge in [-0.05, 0) is 69.6 Å². The summed E-state index contributed by atoms with van der Waals surface area (Å²) in [4.78, 5) is 27.1. The summed E-state index contributed by atoms with van der Waals surface area (Å²) in [6, 6.07) is 3.84. The van der Waals surface area contributed by atoms with E-state index in [4.69, 9.17) is 9.15 Å². The summed E-state index contributed by atoms with van der Waals surface area (Å²) in [5, 5.41) is 11.8. The van der Waals surface area contributed by atoms with Gasteiger partial charge in [0.15, 0.2) is 6.61 Å². The number of hydrogen-bond donors (Lipinski definition) is 1. The Morgan fingerprint density at radius 3 is 2.84 bits per heavy atom. The summed E-state index contributed by atoms with van der Waals surface area (Å²) in [6.07, 6.45) is 8.47. The maximum Gasteiger partial charge on any atom is 0.339 e. The van der Waals surface area contributed by atoms with E-state index in [9.17, 15) is 14.7 Å². The first kappa shape index (κ1) is 20.6. The number of benzene rings is 1. The maximum atomic E-state index is 12.8. The second kappa shape index (κ2) is 7.97. The fourth-order valence-corrected chi connectivity index (χ4v) is 5.81. The SMILES string of the molecule is Cc1c(OCC(=O)N2CC[C@]3(O)CCCC[C@@H]3C2)ccc2c3c(c(=O)oc12)CCCC3. The molecule has 1 aliphatic heterocycles. The van der Waals surface area contributed by atoms with Crippen molar-refractivity contribution in [3.63, 3.8) is 0 Å². The van der Waals surface area contributed by atoms with Crippen molar-refractivity contribution in [1.82, 2.24) is 4.90 Å². The molecule has 0 bridgehead atoms. The topological polar surface area (TPSA) is 80.0 Å². The Morgan fingerprint density at radius 1 is 1.19 bits per heavy atom. The van der Waals surface area contributed by atoms with Crippen LogP contribution in [0.3, 0.4) is 0 Å². The van der Waals surface area contributed by atoms with Crippen LogP contribution in [0.4, 0.5) is 0 Å². The lowest BCUT2D eigenvalue weighted by Gasteiger charge is -2.47. The molecule has 3 aliphatic rings. The van der Waals surface area contributed by atoms with Gasteiger partial charge in [0.2, 0.25) is 0 Å². The molecule has 1 saturated carbocycles. The molecule has 166 valence electrons. The van der Waals surface area contributed by atoms with Crippen LogP contribution in [-0.2, 0) is 17.6 Å². The van der Waals surface area contributed by atoms with Gasteiger partial charge in [-0.3, -0.25) is 4.79 Å². The van der Waals surface area contributed by atoms with Crippen LogP contribution >= 0.6 is 0 Å². The molecule has 1 N–H and O–H groups in total. The van der Waals surface area contributed by atoms with Gasteiger partial charge in [0, 0.05) is 35.5 Å². The highest BCUT2D eigenvalue weighted by atomic mass is 16.5. The zero-order valence-corrected chi connectivity index (χ0v) is 18.2. The molecule has 2 atom stereocenters. The van der Waals surface area contributed by atoms with Crippen LogP contribution in [-0.4, -0.2) is 41.2 Å². The molecule has 0 unspecified atom stereocenters. The van der Waals surface area contributed by atoms with Crippen LogP contribution < -0.4 is 10.4 Å². The zero-order valence-electron chi connectivity index (χ0n) is 18.2. The molecule has 0 radical (unpaired) electrons. The number of carbonyl (C=O) groups excluding carboxylic acids is 1. The lowest BCUT2D eigenvalue weighted by Crippen LogP contribution is -2.55. The second-order valence-corrected chi connectivity index (χ2v) is 9.54. The first-order valence-corrected chi connectivity index (χ1v) is 11.7. The lowest BCUT2D eigenvalue weighted by molar-refractivity contribution is -0.145. The maximum absolute atomic E-state index is 12.8. The standard InChI is InChI=1S/C25H31NO5/c1-16-21(10-9-19-18-7-2-3-8-20(18)24(28)31-23(16)19)30-15-22(27)26-13-12-25(29)11-5-4-6-17(25)14-26/h9-10,17,29H,2-8,11-15H2,1H3/t17-,25-/m1/s1. The molecule has 31 heavy (non-hydrogen) atoms. The van der Waals surface area contributed by atoms with Gasteiger partial charge in [0.05, 0.1) is 5.60 Å². The lowest BCUT2D eigenvalue weighted by atomic mass is 9.71. The number of aliphatic hydroxyl groups is 1. The summed E-state index contributed by atoms with van der Waals surface area (Å²) < 4.78 is 11.6. The average Bonchev–Trinajstić information content (AvgIpc) is 2.78. The molecule has 1 aromatic carbocycles. The van der Waals surface area contributed by atoms with Gasteiger partial charge in [0.25, 0.3) is 5.91 Å². The summed E-state index contributed by atoms with van der Waals surface area (Å²) in [5.41, 5.74) is 2.41. The first-order chi connectivity index (χ1) is 15.0. The second-order valence-electron chi connectivity index (χ2n) is 9.54. The summed E-state index contributed by atoms with van der Waals surface area (Å²) >= 11 is 0. The Bertz CT molecular complexity index is 1070. The van der Waals surface area contributed by atoms with Crippen LogP contribution in [0.25, 0.3) is 11.0 Å². The molecule has 6 nitrogen and oxygen atoms in total. The summed E-state index contributed by atoms with van der Waals surface area (Å²) in [7, 11) is 0. The van der Waals surface area contributed by atoms with E-state index in [0.29, 0.717) is 30.8 Å². The van der Waals surface area contributed by atoms with Gasteiger partial charge in [-0.25, -0.2) is 4.79 Å². The third-order valence-electron chi connectivity index (χ3n) is 7.72. The predicted octanol–water partition coefficient (Wildman–Crippen LogP) is 3.51. The minimum atomic E-state index is -0.596. The first-order valence-electron chi connectivity index (χ1n) is 11.7. The van der Waals surface area contributed by atoms with E-state index in [2.05, 4.69) is 0 Å². The Labute approximate surface area is 182 Å². The van der Waals surface area contributed by atoms with Crippen molar-refractivity contribution < 1.29 is 19.1 Å². The number of carbonyl (C=O) groups is 1. The third-order valence-corrected chi connectivity index (χ3v) is 7.72. The Hall–Kier alpha value is -2.34. The molecule has 1 aromatic heterocycles. The van der Waals surface area contributed by atoms with Crippen molar-refractivity contribution in [3.8, 4) is 5.75 Å². The van der Waals surface area contributed by atoms with Crippen molar-refractivity contribution in [1.29, 1.82) is 0 Å². The highest BCUT2D eigenvalue weighted by molar-refractivity contribution is 5.86. The third kappa shape index (κ3) is 3.65. The molecule has 0 spiro atoms. The van der Waals surface area contributed by atoms with Crippen LogP contribution in [0.15, 0.2) is 21.3 Å². The number of rotatable bonds is 3. The Morgan fingerprint density at radius 2 is 2.00 bits per heavy atom. The van der Waals surface area contributed by atoms with Crippen LogP contribution in [0.5, 0.6) is 5.75 Å². The highest BCUT2D eigenvalue weighted by Crippen LogP contribution is 2.40. The van der Waals surface area contributed by atoms with Gasteiger partial charge in [-0.15, -0.1) is 0 Å². The fraction of sp³-hybridized carbons (Fsp3) is 0.600. The normalized spacial score (nSPS) is 25.7. The number of hydrogen-bond acceptors (Lipinski definition) is 5. The predicted molar refractivity (Wildman–Crippen MR) is 117 cm³/mol. The Balaban J connectivity index is 1.31. The number of aryl methyl sites for hydroxylation is 2. The number of piperidine rings is 1. The van der Waals surface area contributed by atoms with E-state index < -0.39 is 5.60 Å². The van der Waals surface area contributed by atoms with Gasteiger partial charge in [0.1, 0.15) is 11.3 Å². The van der Waals surface area contributed by atoms with Gasteiger partial charge in [-0.2, -0.15) is 0 Å². The fourth-order valence-electron chi connectivity index (χ4n) is 5.81. The molecule has 2 aromatic rings. The molecule has 5 rings (SSSR count). The number of amides is 1. The summed E-state index contributed by atoms with van der Waals surface area (Å²) in [6.45, 7) is 3.01. The van der Waals surface area contributed by atoms with Crippen molar-refractivity contribution in [2.45, 2.75) is 70.3 Å². The van der Waals surface area contributed by atoms with Crippen LogP contribution in [0, 0.1) is 12.8 Å². The van der Waals surface area contributed by atoms with E-state index in [0.717, 1.165) is 73.4 Å². The van der Waals surface area contributed by atoms with Crippen LogP contribution in [0.2, 0.25) is 0 Å². The van der Waals surface area contributed by atoms with Crippen molar-refractivity contribution in [2.75, 3.05) is 19.7 Å². The quantitative estimate of drug-likeness (QED) is 0.762. The molecule has 1 amide bonds. The average molecular weight is 426 g/mol. The van der Waals surface area contributed by atoms with Crippen molar-refractivity contribution in [2.24, 2.45) is 5.92 Å². The minimum absolute atomic E-state index is 0.0489. The number of nitrogens with zero attached hydrogens (tertiary/aromatic N) is 1. The Kier molecular flexibility index (Phi) is 5.29. The summed E-state index contributed by atoms with van der Waals surface area (Å²) in [5.74, 6) is 0.687. The smallest absolute Gasteiger partial charge is 0.339 e. The van der Waals surface area contributed by atoms with Gasteiger partial charge < -0.3 is 19.2 Å². The molecule has 2 aliphatic carbocycles. The van der Waals surface area contributed by atoms with Crippen LogP contribution in [0.1, 0.15) is 61.6 Å². The van der Waals surface area contributed by atoms with Gasteiger partial charge in [-0.1, -0.05) is 12.8 Å².